The molecular weight excluding hydrogens is 160 g/mol. The van der Waals surface area contributed by atoms with Crippen molar-refractivity contribution in [1.29, 1.82) is 0 Å². The molecule has 0 unspecified atom stereocenters. The van der Waals surface area contributed by atoms with Crippen LogP contribution in [-0.4, -0.2) is 12.2 Å². The van der Waals surface area contributed by atoms with Crippen LogP contribution in [0.15, 0.2) is 12.2 Å². The molecule has 0 aromatic rings. The molecule has 1 fully saturated rings. The fourth-order valence-corrected chi connectivity index (χ4v) is 2.21. The highest BCUT2D eigenvalue weighted by Gasteiger charge is 2.31. The van der Waals surface area contributed by atoms with Crippen LogP contribution < -0.4 is 0 Å². The van der Waals surface area contributed by atoms with E-state index >= 15 is 0 Å². The van der Waals surface area contributed by atoms with Crippen LogP contribution in [0.4, 0.5) is 0 Å². The summed E-state index contributed by atoms with van der Waals surface area (Å²) in [6, 6.07) is 0. The van der Waals surface area contributed by atoms with Crippen molar-refractivity contribution in [3.05, 3.63) is 12.2 Å². The minimum atomic E-state index is 0.153. The average Bonchev–Trinajstić information content (AvgIpc) is 2.05. The highest BCUT2D eigenvalue weighted by Crippen LogP contribution is 2.36. The molecule has 0 bridgehead atoms. The second kappa shape index (κ2) is 4.28. The third-order valence-electron chi connectivity index (χ3n) is 3.23. The molecule has 1 aliphatic carbocycles. The SMILES string of the molecule is C=C(C)C1CCC(C)(OCC)CC1. The van der Waals surface area contributed by atoms with E-state index in [9.17, 15) is 0 Å². The van der Waals surface area contributed by atoms with Crippen molar-refractivity contribution in [3.8, 4) is 0 Å². The van der Waals surface area contributed by atoms with Crippen molar-refractivity contribution >= 4 is 0 Å². The Morgan fingerprint density at radius 2 is 2.00 bits per heavy atom. The fraction of sp³-hybridized carbons (Fsp3) is 0.833. The summed E-state index contributed by atoms with van der Waals surface area (Å²) in [6.07, 6.45) is 4.90. The van der Waals surface area contributed by atoms with Crippen LogP contribution in [0.1, 0.15) is 46.5 Å². The van der Waals surface area contributed by atoms with Crippen LogP contribution in [0.2, 0.25) is 0 Å². The molecule has 1 saturated carbocycles. The van der Waals surface area contributed by atoms with Crippen molar-refractivity contribution in [1.82, 2.24) is 0 Å². The zero-order chi connectivity index (χ0) is 9.90. The predicted molar refractivity (Wildman–Crippen MR) is 56.8 cm³/mol. The zero-order valence-corrected chi connectivity index (χ0v) is 9.23. The first-order chi connectivity index (χ1) is 6.07. The van der Waals surface area contributed by atoms with Gasteiger partial charge in [0.2, 0.25) is 0 Å². The van der Waals surface area contributed by atoms with Crippen molar-refractivity contribution in [3.63, 3.8) is 0 Å². The summed E-state index contributed by atoms with van der Waals surface area (Å²) in [4.78, 5) is 0. The van der Waals surface area contributed by atoms with Gasteiger partial charge in [-0.25, -0.2) is 0 Å². The van der Waals surface area contributed by atoms with Crippen LogP contribution in [0.3, 0.4) is 0 Å². The van der Waals surface area contributed by atoms with Crippen LogP contribution in [0.25, 0.3) is 0 Å². The number of hydrogen-bond acceptors (Lipinski definition) is 1. The lowest BCUT2D eigenvalue weighted by atomic mass is 9.77. The summed E-state index contributed by atoms with van der Waals surface area (Å²) in [5.74, 6) is 0.744. The summed E-state index contributed by atoms with van der Waals surface area (Å²) >= 11 is 0. The Morgan fingerprint density at radius 1 is 1.46 bits per heavy atom. The van der Waals surface area contributed by atoms with Crippen LogP contribution >= 0.6 is 0 Å². The Bertz CT molecular complexity index is 176. The van der Waals surface area contributed by atoms with E-state index in [1.54, 1.807) is 0 Å². The van der Waals surface area contributed by atoms with Gasteiger partial charge in [0.05, 0.1) is 5.60 Å². The molecule has 0 saturated heterocycles. The molecule has 0 N–H and O–H groups in total. The van der Waals surface area contributed by atoms with E-state index in [1.165, 1.54) is 31.3 Å². The highest BCUT2D eigenvalue weighted by atomic mass is 16.5. The lowest BCUT2D eigenvalue weighted by Gasteiger charge is -2.37. The van der Waals surface area contributed by atoms with E-state index in [-0.39, 0.29) is 5.60 Å². The maximum absolute atomic E-state index is 5.77. The molecule has 1 nitrogen and oxygen atoms in total. The van der Waals surface area contributed by atoms with Crippen LogP contribution in [0.5, 0.6) is 0 Å². The largest absolute Gasteiger partial charge is 0.376 e. The Kier molecular flexibility index (Phi) is 3.55. The normalized spacial score (nSPS) is 34.5. The lowest BCUT2D eigenvalue weighted by molar-refractivity contribution is -0.0561. The van der Waals surface area contributed by atoms with Crippen molar-refractivity contribution in [2.45, 2.75) is 52.1 Å². The summed E-state index contributed by atoms with van der Waals surface area (Å²) in [5.41, 5.74) is 1.50. The minimum Gasteiger partial charge on any atom is -0.376 e. The van der Waals surface area contributed by atoms with Gasteiger partial charge in [-0.1, -0.05) is 12.2 Å². The molecule has 13 heavy (non-hydrogen) atoms. The Balaban J connectivity index is 2.41. The monoisotopic (exact) mass is 182 g/mol. The first-order valence-corrected chi connectivity index (χ1v) is 5.37. The summed E-state index contributed by atoms with van der Waals surface area (Å²) in [5, 5.41) is 0. The smallest absolute Gasteiger partial charge is 0.0654 e. The topological polar surface area (TPSA) is 9.23 Å². The van der Waals surface area contributed by atoms with Gasteiger partial charge >= 0.3 is 0 Å². The van der Waals surface area contributed by atoms with Gasteiger partial charge in [0, 0.05) is 6.61 Å². The molecule has 0 heterocycles. The van der Waals surface area contributed by atoms with Gasteiger partial charge in [-0.2, -0.15) is 0 Å². The molecule has 76 valence electrons. The van der Waals surface area contributed by atoms with Gasteiger partial charge in [-0.15, -0.1) is 0 Å². The van der Waals surface area contributed by atoms with Crippen LogP contribution in [-0.2, 0) is 4.74 Å². The van der Waals surface area contributed by atoms with E-state index in [0.29, 0.717) is 0 Å². The highest BCUT2D eigenvalue weighted by molar-refractivity contribution is 5.00. The van der Waals surface area contributed by atoms with Gasteiger partial charge in [0.1, 0.15) is 0 Å². The third kappa shape index (κ3) is 2.84. The standard InChI is InChI=1S/C12H22O/c1-5-13-12(4)8-6-11(7-9-12)10(2)3/h11H,2,5-9H2,1,3-4H3. The quantitative estimate of drug-likeness (QED) is 0.606. The number of rotatable bonds is 3. The molecule has 0 aromatic heterocycles. The predicted octanol–water partition coefficient (Wildman–Crippen LogP) is 3.55. The lowest BCUT2D eigenvalue weighted by Crippen LogP contribution is -2.34. The molecule has 1 heteroatoms. The van der Waals surface area contributed by atoms with Crippen molar-refractivity contribution in [2.24, 2.45) is 5.92 Å². The second-order valence-electron chi connectivity index (χ2n) is 4.50. The Hall–Kier alpha value is -0.300. The average molecular weight is 182 g/mol. The zero-order valence-electron chi connectivity index (χ0n) is 9.23. The molecule has 0 aliphatic heterocycles. The van der Waals surface area contributed by atoms with Gasteiger partial charge in [0.15, 0.2) is 0 Å². The molecule has 0 aromatic carbocycles. The number of allylic oxidation sites excluding steroid dienone is 1. The second-order valence-corrected chi connectivity index (χ2v) is 4.50. The van der Waals surface area contributed by atoms with E-state index in [1.807, 2.05) is 0 Å². The van der Waals surface area contributed by atoms with Gasteiger partial charge < -0.3 is 4.74 Å². The van der Waals surface area contributed by atoms with E-state index < -0.39 is 0 Å². The fourth-order valence-electron chi connectivity index (χ4n) is 2.21. The summed E-state index contributed by atoms with van der Waals surface area (Å²) in [6.45, 7) is 11.3. The molecule has 0 atom stereocenters. The summed E-state index contributed by atoms with van der Waals surface area (Å²) < 4.78 is 5.77. The van der Waals surface area contributed by atoms with E-state index in [2.05, 4.69) is 27.4 Å². The van der Waals surface area contributed by atoms with Gasteiger partial charge in [0.25, 0.3) is 0 Å². The Labute approximate surface area is 82.2 Å². The minimum absolute atomic E-state index is 0.153. The maximum atomic E-state index is 5.77. The van der Waals surface area contributed by atoms with Crippen LogP contribution in [0, 0.1) is 5.92 Å². The molecule has 1 rings (SSSR count). The van der Waals surface area contributed by atoms with Crippen molar-refractivity contribution < 1.29 is 4.74 Å². The summed E-state index contributed by atoms with van der Waals surface area (Å²) in [7, 11) is 0. The van der Waals surface area contributed by atoms with Gasteiger partial charge in [-0.3, -0.25) is 0 Å². The third-order valence-corrected chi connectivity index (χ3v) is 3.23. The first-order valence-electron chi connectivity index (χ1n) is 5.37. The van der Waals surface area contributed by atoms with E-state index in [4.69, 9.17) is 4.74 Å². The van der Waals surface area contributed by atoms with E-state index in [0.717, 1.165) is 12.5 Å². The number of hydrogen-bond donors (Lipinski definition) is 0. The first kappa shape index (κ1) is 10.8. The molecule has 0 radical (unpaired) electrons. The number of ether oxygens (including phenoxy) is 1. The van der Waals surface area contributed by atoms with Crippen molar-refractivity contribution in [2.75, 3.05) is 6.61 Å². The maximum Gasteiger partial charge on any atom is 0.0654 e. The Morgan fingerprint density at radius 3 is 2.38 bits per heavy atom. The molecule has 0 amide bonds. The molecular formula is C12H22O. The molecule has 1 aliphatic rings. The van der Waals surface area contributed by atoms with Gasteiger partial charge in [-0.05, 0) is 52.4 Å². The molecule has 0 spiro atoms.